The molecule has 0 atom stereocenters. The van der Waals surface area contributed by atoms with Crippen LogP contribution in [0.3, 0.4) is 0 Å². The van der Waals surface area contributed by atoms with Crippen LogP contribution in [0.5, 0.6) is 5.75 Å². The van der Waals surface area contributed by atoms with Crippen molar-refractivity contribution < 1.29 is 13.2 Å². The van der Waals surface area contributed by atoms with E-state index in [9.17, 15) is 8.42 Å². The first-order chi connectivity index (χ1) is 13.4. The molecule has 29 heavy (non-hydrogen) atoms. The lowest BCUT2D eigenvalue weighted by Gasteiger charge is -2.12. The van der Waals surface area contributed by atoms with E-state index in [1.807, 2.05) is 38.1 Å². The standard InChI is InChI=1S/C20H28N4O3S.HI/c1-4-22-20(23-13-14-27-18-9-5-16(2)6-10-18)24-15-17-7-11-19(12-8-17)28(25,26)21-3;/h5-12,21H,4,13-15H2,1-3H3,(H2,22,23,24);1H. The van der Waals surface area contributed by atoms with Crippen molar-refractivity contribution in [3.05, 3.63) is 59.7 Å². The number of hydrogen-bond acceptors (Lipinski definition) is 4. The smallest absolute Gasteiger partial charge is 0.240 e. The molecule has 0 unspecified atom stereocenters. The Morgan fingerprint density at radius 1 is 1.03 bits per heavy atom. The van der Waals surface area contributed by atoms with Gasteiger partial charge in [0.1, 0.15) is 12.4 Å². The number of benzene rings is 2. The van der Waals surface area contributed by atoms with E-state index in [0.717, 1.165) is 17.9 Å². The molecule has 2 rings (SSSR count). The molecule has 0 radical (unpaired) electrons. The monoisotopic (exact) mass is 532 g/mol. The van der Waals surface area contributed by atoms with Crippen LogP contribution in [0.2, 0.25) is 0 Å². The van der Waals surface area contributed by atoms with Crippen LogP contribution in [0.15, 0.2) is 58.4 Å². The highest BCUT2D eigenvalue weighted by Gasteiger charge is 2.10. The lowest BCUT2D eigenvalue weighted by Crippen LogP contribution is -2.39. The minimum Gasteiger partial charge on any atom is -0.492 e. The summed E-state index contributed by atoms with van der Waals surface area (Å²) < 4.78 is 31.5. The summed E-state index contributed by atoms with van der Waals surface area (Å²) in [6.45, 7) is 6.34. The van der Waals surface area contributed by atoms with Gasteiger partial charge in [0.05, 0.1) is 18.0 Å². The Morgan fingerprint density at radius 2 is 1.69 bits per heavy atom. The van der Waals surface area contributed by atoms with Crippen LogP contribution in [-0.2, 0) is 16.6 Å². The molecule has 2 aromatic rings. The first-order valence-electron chi connectivity index (χ1n) is 9.18. The van der Waals surface area contributed by atoms with E-state index in [1.165, 1.54) is 12.6 Å². The molecule has 160 valence electrons. The Labute approximate surface area is 190 Å². The van der Waals surface area contributed by atoms with E-state index in [2.05, 4.69) is 20.3 Å². The Morgan fingerprint density at radius 3 is 2.28 bits per heavy atom. The van der Waals surface area contributed by atoms with Gasteiger partial charge < -0.3 is 15.4 Å². The van der Waals surface area contributed by atoms with Crippen molar-refractivity contribution in [1.29, 1.82) is 0 Å². The minimum absolute atomic E-state index is 0. The molecular weight excluding hydrogens is 503 g/mol. The van der Waals surface area contributed by atoms with Gasteiger partial charge in [-0.2, -0.15) is 0 Å². The number of aryl methyl sites for hydroxylation is 1. The maximum Gasteiger partial charge on any atom is 0.240 e. The van der Waals surface area contributed by atoms with Crippen LogP contribution in [-0.4, -0.2) is 41.1 Å². The first kappa shape index (κ1) is 25.2. The molecule has 0 spiro atoms. The molecule has 3 N–H and O–H groups in total. The molecule has 0 fully saturated rings. The molecule has 0 aliphatic carbocycles. The molecule has 0 aliphatic heterocycles. The fraction of sp³-hybridized carbons (Fsp3) is 0.350. The van der Waals surface area contributed by atoms with Crippen molar-refractivity contribution in [3.63, 3.8) is 0 Å². The first-order valence-corrected chi connectivity index (χ1v) is 10.7. The highest BCUT2D eigenvalue weighted by atomic mass is 127. The lowest BCUT2D eigenvalue weighted by atomic mass is 10.2. The minimum atomic E-state index is -3.42. The van der Waals surface area contributed by atoms with Gasteiger partial charge in [0.25, 0.3) is 0 Å². The Kier molecular flexibility index (Phi) is 11.0. The molecule has 0 aliphatic rings. The van der Waals surface area contributed by atoms with Gasteiger partial charge in [-0.1, -0.05) is 29.8 Å². The number of aliphatic imine (C=N–C) groups is 1. The van der Waals surface area contributed by atoms with E-state index >= 15 is 0 Å². The maximum atomic E-state index is 11.8. The fourth-order valence-electron chi connectivity index (χ4n) is 2.38. The van der Waals surface area contributed by atoms with E-state index in [0.29, 0.717) is 25.7 Å². The van der Waals surface area contributed by atoms with Crippen LogP contribution < -0.4 is 20.1 Å². The van der Waals surface area contributed by atoms with Crippen molar-refractivity contribution in [2.45, 2.75) is 25.3 Å². The van der Waals surface area contributed by atoms with Crippen LogP contribution in [0.1, 0.15) is 18.1 Å². The number of sulfonamides is 1. The van der Waals surface area contributed by atoms with Crippen molar-refractivity contribution in [1.82, 2.24) is 15.4 Å². The average Bonchev–Trinajstić information content (AvgIpc) is 2.71. The molecule has 0 saturated heterocycles. The third-order valence-electron chi connectivity index (χ3n) is 3.95. The zero-order chi connectivity index (χ0) is 20.4. The second kappa shape index (κ2) is 12.7. The van der Waals surface area contributed by atoms with Crippen molar-refractivity contribution in [2.24, 2.45) is 4.99 Å². The number of hydrogen-bond donors (Lipinski definition) is 3. The zero-order valence-corrected chi connectivity index (χ0v) is 20.1. The highest BCUT2D eigenvalue weighted by molar-refractivity contribution is 14.0. The van der Waals surface area contributed by atoms with Crippen LogP contribution in [0.25, 0.3) is 0 Å². The van der Waals surface area contributed by atoms with E-state index < -0.39 is 10.0 Å². The van der Waals surface area contributed by atoms with Crippen molar-refractivity contribution in [2.75, 3.05) is 26.7 Å². The third kappa shape index (κ3) is 8.58. The fourth-order valence-corrected chi connectivity index (χ4v) is 3.11. The van der Waals surface area contributed by atoms with Gasteiger partial charge in [-0.25, -0.2) is 18.1 Å². The van der Waals surface area contributed by atoms with E-state index in [-0.39, 0.29) is 28.9 Å². The third-order valence-corrected chi connectivity index (χ3v) is 5.38. The summed E-state index contributed by atoms with van der Waals surface area (Å²) in [5, 5.41) is 6.41. The SMILES string of the molecule is CCNC(=NCc1ccc(S(=O)(=O)NC)cc1)NCCOc1ccc(C)cc1.I. The molecule has 2 aromatic carbocycles. The zero-order valence-electron chi connectivity index (χ0n) is 16.9. The second-order valence-corrected chi connectivity index (χ2v) is 8.02. The number of rotatable bonds is 9. The molecule has 0 bridgehead atoms. The summed E-state index contributed by atoms with van der Waals surface area (Å²) in [4.78, 5) is 4.76. The number of guanidine groups is 1. The summed E-state index contributed by atoms with van der Waals surface area (Å²) in [7, 11) is -2.03. The summed E-state index contributed by atoms with van der Waals surface area (Å²) in [5.41, 5.74) is 2.12. The lowest BCUT2D eigenvalue weighted by molar-refractivity contribution is 0.322. The normalized spacial score (nSPS) is 11.5. The Hall–Kier alpha value is -1.85. The quantitative estimate of drug-likeness (QED) is 0.200. The van der Waals surface area contributed by atoms with Gasteiger partial charge in [-0.05, 0) is 50.7 Å². The van der Waals surface area contributed by atoms with E-state index in [4.69, 9.17) is 4.74 Å². The molecule has 0 amide bonds. The van der Waals surface area contributed by atoms with Gasteiger partial charge in [-0.15, -0.1) is 24.0 Å². The van der Waals surface area contributed by atoms with Crippen LogP contribution in [0, 0.1) is 6.92 Å². The van der Waals surface area contributed by atoms with Crippen LogP contribution >= 0.6 is 24.0 Å². The second-order valence-electron chi connectivity index (χ2n) is 6.13. The Bertz CT molecular complexity index is 870. The number of nitrogens with zero attached hydrogens (tertiary/aromatic N) is 1. The predicted molar refractivity (Wildman–Crippen MR) is 128 cm³/mol. The number of nitrogens with one attached hydrogen (secondary N) is 3. The molecule has 0 heterocycles. The molecule has 7 nitrogen and oxygen atoms in total. The highest BCUT2D eigenvalue weighted by Crippen LogP contribution is 2.11. The average molecular weight is 532 g/mol. The van der Waals surface area contributed by atoms with E-state index in [1.54, 1.807) is 24.3 Å². The van der Waals surface area contributed by atoms with Gasteiger partial charge >= 0.3 is 0 Å². The van der Waals surface area contributed by atoms with Crippen LogP contribution in [0.4, 0.5) is 0 Å². The topological polar surface area (TPSA) is 91.8 Å². The van der Waals surface area contributed by atoms with Gasteiger partial charge in [0, 0.05) is 6.54 Å². The van der Waals surface area contributed by atoms with Crippen molar-refractivity contribution in [3.8, 4) is 5.75 Å². The number of ether oxygens (including phenoxy) is 1. The summed E-state index contributed by atoms with van der Waals surface area (Å²) in [6, 6.07) is 14.6. The predicted octanol–water partition coefficient (Wildman–Crippen LogP) is 2.66. The summed E-state index contributed by atoms with van der Waals surface area (Å²) in [5.74, 6) is 1.52. The summed E-state index contributed by atoms with van der Waals surface area (Å²) >= 11 is 0. The Balaban J connectivity index is 0.00000420. The number of halogens is 1. The molecule has 0 aromatic heterocycles. The van der Waals surface area contributed by atoms with Gasteiger partial charge in [0.2, 0.25) is 10.0 Å². The van der Waals surface area contributed by atoms with Gasteiger partial charge in [0.15, 0.2) is 5.96 Å². The largest absolute Gasteiger partial charge is 0.492 e. The maximum absolute atomic E-state index is 11.8. The van der Waals surface area contributed by atoms with Gasteiger partial charge in [-0.3, -0.25) is 0 Å². The van der Waals surface area contributed by atoms with Crippen molar-refractivity contribution >= 4 is 40.0 Å². The molecule has 0 saturated carbocycles. The molecular formula is C20H29IN4O3S. The summed E-state index contributed by atoms with van der Waals surface area (Å²) in [6.07, 6.45) is 0. The molecule has 9 heteroatoms.